The molecule has 0 saturated heterocycles. The minimum atomic E-state index is 0.307. The molecule has 0 bridgehead atoms. The van der Waals surface area contributed by atoms with Crippen molar-refractivity contribution in [3.05, 3.63) is 23.8 Å². The molecule has 0 atom stereocenters. The van der Waals surface area contributed by atoms with Gasteiger partial charge in [-0.2, -0.15) is 0 Å². The van der Waals surface area contributed by atoms with Crippen LogP contribution in [0.1, 0.15) is 12.5 Å². The molecule has 1 rings (SSSR count). The van der Waals surface area contributed by atoms with E-state index in [-0.39, 0.29) is 0 Å². The molecule has 0 aliphatic carbocycles. The zero-order valence-electron chi connectivity index (χ0n) is 8.00. The van der Waals surface area contributed by atoms with Crippen LogP contribution in [0.3, 0.4) is 0 Å². The molecule has 0 aromatic heterocycles. The van der Waals surface area contributed by atoms with Gasteiger partial charge in [0.25, 0.3) is 0 Å². The molecule has 0 unspecified atom stereocenters. The van der Waals surface area contributed by atoms with Crippen LogP contribution in [-0.4, -0.2) is 18.8 Å². The van der Waals surface area contributed by atoms with E-state index in [2.05, 4.69) is 5.32 Å². The Morgan fingerprint density at radius 2 is 2.23 bits per heavy atom. The van der Waals surface area contributed by atoms with Gasteiger partial charge in [-0.25, -0.2) is 0 Å². The highest BCUT2D eigenvalue weighted by Crippen LogP contribution is 2.22. The molecule has 0 saturated carbocycles. The summed E-state index contributed by atoms with van der Waals surface area (Å²) in [5.74, 6) is 1.08. The fraction of sp³-hybridized carbons (Fsp3) is 0.400. The summed E-state index contributed by atoms with van der Waals surface area (Å²) in [5.41, 5.74) is 0.862. The van der Waals surface area contributed by atoms with E-state index in [9.17, 15) is 5.11 Å². The molecule has 0 heterocycles. The second-order valence-corrected chi connectivity index (χ2v) is 2.77. The maximum Gasteiger partial charge on any atom is 0.120 e. The first kappa shape index (κ1) is 9.86. The van der Waals surface area contributed by atoms with Crippen molar-refractivity contribution >= 4 is 0 Å². The molecule has 3 heteroatoms. The van der Waals surface area contributed by atoms with Crippen LogP contribution in [0.15, 0.2) is 18.2 Å². The lowest BCUT2D eigenvalue weighted by Gasteiger charge is -2.07. The summed E-state index contributed by atoms with van der Waals surface area (Å²) < 4.78 is 5.05. The molecular formula is C10H15NO2. The maximum atomic E-state index is 9.46. The van der Waals surface area contributed by atoms with Gasteiger partial charge >= 0.3 is 0 Å². The normalized spacial score (nSPS) is 10.0. The third-order valence-corrected chi connectivity index (χ3v) is 1.85. The summed E-state index contributed by atoms with van der Waals surface area (Å²) in [4.78, 5) is 0. The lowest BCUT2D eigenvalue weighted by Crippen LogP contribution is -2.11. The van der Waals surface area contributed by atoms with Gasteiger partial charge in [0.15, 0.2) is 0 Å². The third kappa shape index (κ3) is 2.63. The summed E-state index contributed by atoms with van der Waals surface area (Å²) in [7, 11) is 1.61. The predicted octanol–water partition coefficient (Wildman–Crippen LogP) is 1.51. The predicted molar refractivity (Wildman–Crippen MR) is 52.0 cm³/mol. The number of phenolic OH excluding ortho intramolecular Hbond substituents is 1. The number of nitrogens with one attached hydrogen (secondary N) is 1. The van der Waals surface area contributed by atoms with Crippen LogP contribution in [0, 0.1) is 0 Å². The van der Waals surface area contributed by atoms with E-state index in [4.69, 9.17) is 4.74 Å². The zero-order valence-corrected chi connectivity index (χ0v) is 8.00. The first-order valence-corrected chi connectivity index (χ1v) is 4.34. The van der Waals surface area contributed by atoms with Gasteiger partial charge in [0.1, 0.15) is 11.5 Å². The Hall–Kier alpha value is -1.22. The van der Waals surface area contributed by atoms with Crippen LogP contribution in [-0.2, 0) is 6.54 Å². The molecule has 72 valence electrons. The van der Waals surface area contributed by atoms with Gasteiger partial charge in [0.2, 0.25) is 0 Å². The van der Waals surface area contributed by atoms with Gasteiger partial charge in [-0.1, -0.05) is 6.92 Å². The molecule has 13 heavy (non-hydrogen) atoms. The first-order chi connectivity index (χ1) is 6.27. The van der Waals surface area contributed by atoms with Crippen molar-refractivity contribution in [2.24, 2.45) is 0 Å². The van der Waals surface area contributed by atoms with Crippen LogP contribution < -0.4 is 10.1 Å². The van der Waals surface area contributed by atoms with Gasteiger partial charge in [-0.3, -0.25) is 0 Å². The summed E-state index contributed by atoms with van der Waals surface area (Å²) in [6, 6.07) is 5.22. The van der Waals surface area contributed by atoms with E-state index in [0.717, 1.165) is 17.9 Å². The van der Waals surface area contributed by atoms with Crippen molar-refractivity contribution < 1.29 is 9.84 Å². The second-order valence-electron chi connectivity index (χ2n) is 2.77. The molecule has 0 fully saturated rings. The fourth-order valence-corrected chi connectivity index (χ4v) is 1.09. The Morgan fingerprint density at radius 3 is 2.85 bits per heavy atom. The monoisotopic (exact) mass is 181 g/mol. The maximum absolute atomic E-state index is 9.46. The van der Waals surface area contributed by atoms with E-state index in [1.807, 2.05) is 13.0 Å². The fourth-order valence-electron chi connectivity index (χ4n) is 1.09. The van der Waals surface area contributed by atoms with Crippen molar-refractivity contribution in [3.8, 4) is 11.5 Å². The minimum absolute atomic E-state index is 0.307. The van der Waals surface area contributed by atoms with Crippen molar-refractivity contribution in [3.63, 3.8) is 0 Å². The van der Waals surface area contributed by atoms with Crippen molar-refractivity contribution in [1.29, 1.82) is 0 Å². The topological polar surface area (TPSA) is 41.5 Å². The van der Waals surface area contributed by atoms with E-state index in [1.165, 1.54) is 0 Å². The zero-order chi connectivity index (χ0) is 9.68. The molecule has 0 spiro atoms. The Balaban J connectivity index is 2.78. The highest BCUT2D eigenvalue weighted by atomic mass is 16.5. The smallest absolute Gasteiger partial charge is 0.120 e. The molecule has 3 nitrogen and oxygen atoms in total. The largest absolute Gasteiger partial charge is 0.508 e. The van der Waals surface area contributed by atoms with Gasteiger partial charge in [-0.05, 0) is 24.7 Å². The lowest BCUT2D eigenvalue weighted by atomic mass is 10.2. The van der Waals surface area contributed by atoms with Gasteiger partial charge < -0.3 is 15.2 Å². The number of rotatable bonds is 4. The highest BCUT2D eigenvalue weighted by molar-refractivity contribution is 5.39. The van der Waals surface area contributed by atoms with Crippen LogP contribution in [0.2, 0.25) is 0 Å². The number of benzene rings is 1. The molecule has 1 aromatic rings. The Kier molecular flexibility index (Phi) is 3.58. The molecule has 0 aliphatic rings. The minimum Gasteiger partial charge on any atom is -0.508 e. The average Bonchev–Trinajstić information content (AvgIpc) is 2.17. The number of hydrogen-bond acceptors (Lipinski definition) is 3. The summed E-state index contributed by atoms with van der Waals surface area (Å²) in [5, 5.41) is 12.6. The highest BCUT2D eigenvalue weighted by Gasteiger charge is 2.01. The first-order valence-electron chi connectivity index (χ1n) is 4.34. The summed E-state index contributed by atoms with van der Waals surface area (Å²) in [6.07, 6.45) is 0. The molecule has 0 radical (unpaired) electrons. The van der Waals surface area contributed by atoms with Gasteiger partial charge in [0.05, 0.1) is 7.11 Å². The quantitative estimate of drug-likeness (QED) is 0.739. The van der Waals surface area contributed by atoms with Crippen LogP contribution in [0.5, 0.6) is 11.5 Å². The number of hydrogen-bond donors (Lipinski definition) is 2. The summed E-state index contributed by atoms with van der Waals surface area (Å²) >= 11 is 0. The van der Waals surface area contributed by atoms with Crippen molar-refractivity contribution in [1.82, 2.24) is 5.32 Å². The van der Waals surface area contributed by atoms with E-state index in [1.54, 1.807) is 19.2 Å². The van der Waals surface area contributed by atoms with Gasteiger partial charge in [0, 0.05) is 12.1 Å². The third-order valence-electron chi connectivity index (χ3n) is 1.85. The number of aromatic hydroxyl groups is 1. The number of phenols is 1. The molecule has 2 N–H and O–H groups in total. The second kappa shape index (κ2) is 4.72. The van der Waals surface area contributed by atoms with Gasteiger partial charge in [-0.15, -0.1) is 0 Å². The Labute approximate surface area is 78.3 Å². The average molecular weight is 181 g/mol. The molecular weight excluding hydrogens is 166 g/mol. The van der Waals surface area contributed by atoms with Crippen LogP contribution in [0.4, 0.5) is 0 Å². The molecule has 1 aromatic carbocycles. The van der Waals surface area contributed by atoms with Crippen molar-refractivity contribution in [2.75, 3.05) is 13.7 Å². The van der Waals surface area contributed by atoms with E-state index >= 15 is 0 Å². The Bertz CT molecular complexity index is 274. The number of ether oxygens (including phenoxy) is 1. The Morgan fingerprint density at radius 1 is 1.46 bits per heavy atom. The number of methoxy groups -OCH3 is 1. The van der Waals surface area contributed by atoms with E-state index < -0.39 is 0 Å². The lowest BCUT2D eigenvalue weighted by molar-refractivity contribution is 0.410. The molecule has 0 amide bonds. The van der Waals surface area contributed by atoms with Crippen LogP contribution in [0.25, 0.3) is 0 Å². The van der Waals surface area contributed by atoms with Crippen LogP contribution >= 0.6 is 0 Å². The van der Waals surface area contributed by atoms with Crippen molar-refractivity contribution in [2.45, 2.75) is 13.5 Å². The summed E-state index contributed by atoms with van der Waals surface area (Å²) in [6.45, 7) is 3.58. The SMILES string of the molecule is CCNCc1cc(OC)ccc1O. The van der Waals surface area contributed by atoms with E-state index in [0.29, 0.717) is 12.3 Å². The molecule has 0 aliphatic heterocycles. The standard InChI is InChI=1S/C10H15NO2/c1-3-11-7-8-6-9(13-2)4-5-10(8)12/h4-6,11-12H,3,7H2,1-2H3.